The summed E-state index contributed by atoms with van der Waals surface area (Å²) >= 11 is 0. The lowest BCUT2D eigenvalue weighted by Gasteiger charge is -2.42. The number of hydrogen-bond donors (Lipinski definition) is 2. The molecule has 7 heteroatoms. The number of aromatic amines is 1. The van der Waals surface area contributed by atoms with Crippen molar-refractivity contribution in [1.29, 1.82) is 0 Å². The molecule has 0 bridgehead atoms. The third-order valence-corrected chi connectivity index (χ3v) is 8.96. The molecule has 0 radical (unpaired) electrons. The van der Waals surface area contributed by atoms with Crippen LogP contribution in [0.5, 0.6) is 0 Å². The van der Waals surface area contributed by atoms with E-state index in [1.165, 1.54) is 11.1 Å². The van der Waals surface area contributed by atoms with Crippen molar-refractivity contribution in [3.63, 3.8) is 0 Å². The number of aromatic nitrogens is 2. The maximum absolute atomic E-state index is 14.0. The molecule has 0 saturated heterocycles. The third kappa shape index (κ3) is 6.90. The van der Waals surface area contributed by atoms with E-state index in [2.05, 4.69) is 48.1 Å². The minimum atomic E-state index is -1.82. The second-order valence-corrected chi connectivity index (χ2v) is 12.3. The van der Waals surface area contributed by atoms with E-state index in [0.29, 0.717) is 18.4 Å². The lowest BCUT2D eigenvalue weighted by atomic mass is 9.65. The second-order valence-electron chi connectivity index (χ2n) is 12.3. The lowest BCUT2D eigenvalue weighted by Crippen LogP contribution is -2.60. The van der Waals surface area contributed by atoms with Crippen LogP contribution in [0.1, 0.15) is 60.9 Å². The van der Waals surface area contributed by atoms with Crippen LogP contribution in [-0.4, -0.2) is 28.5 Å². The summed E-state index contributed by atoms with van der Waals surface area (Å²) in [6.07, 6.45) is 6.13. The molecule has 2 aromatic heterocycles. The van der Waals surface area contributed by atoms with Gasteiger partial charge in [0.15, 0.2) is 5.41 Å². The van der Waals surface area contributed by atoms with E-state index in [0.717, 1.165) is 46.1 Å². The molecule has 0 amide bonds. The van der Waals surface area contributed by atoms with Crippen molar-refractivity contribution < 1.29 is 19.1 Å². The third-order valence-electron chi connectivity index (χ3n) is 8.96. The minimum absolute atomic E-state index is 0.0174. The first-order valence-corrected chi connectivity index (χ1v) is 15.9. The highest BCUT2D eigenvalue weighted by Crippen LogP contribution is 2.44. The topological polar surface area (TPSA) is 107 Å². The van der Waals surface area contributed by atoms with E-state index in [4.69, 9.17) is 15.2 Å². The van der Waals surface area contributed by atoms with Gasteiger partial charge in [0.2, 0.25) is 0 Å². The minimum Gasteiger partial charge on any atom is -0.465 e. The van der Waals surface area contributed by atoms with Gasteiger partial charge in [-0.2, -0.15) is 0 Å². The van der Waals surface area contributed by atoms with Crippen LogP contribution in [0.3, 0.4) is 0 Å². The first kappa shape index (κ1) is 32.6. The number of hydrogen-bond acceptors (Lipinski definition) is 6. The van der Waals surface area contributed by atoms with Crippen LogP contribution in [0.4, 0.5) is 0 Å². The summed E-state index contributed by atoms with van der Waals surface area (Å²) in [5, 5.41) is 0.929. The number of aryl methyl sites for hydroxylation is 3. The Bertz CT molecular complexity index is 1780. The highest BCUT2D eigenvalue weighted by Gasteiger charge is 2.59. The van der Waals surface area contributed by atoms with Gasteiger partial charge in [-0.1, -0.05) is 66.6 Å². The van der Waals surface area contributed by atoms with Crippen molar-refractivity contribution >= 4 is 22.8 Å². The fourth-order valence-corrected chi connectivity index (χ4v) is 6.14. The monoisotopic (exact) mass is 617 g/mol. The van der Waals surface area contributed by atoms with Crippen molar-refractivity contribution in [2.75, 3.05) is 6.61 Å². The Labute approximate surface area is 271 Å². The van der Waals surface area contributed by atoms with E-state index in [9.17, 15) is 9.59 Å². The molecule has 0 aliphatic rings. The molecule has 238 valence electrons. The molecule has 2 atom stereocenters. The van der Waals surface area contributed by atoms with Crippen molar-refractivity contribution in [2.24, 2.45) is 11.1 Å². The number of nitrogens with zero attached hydrogens (tertiary/aromatic N) is 1. The standard InChI is InChI=1S/C39H43N3O4/c1-5-39(40,33-16-17-34-32(23-33)24-35(42-34)31-21-27(2)20-28(3)22-31)38(4,37(44)46-26-30-13-7-6-8-14-30)36(43)45-19-10-9-12-29-15-11-18-41-25-29/h6-8,11,13-18,20-25,42H,5,9-10,12,19,26,40H2,1-4H3. The first-order chi connectivity index (χ1) is 22.1. The van der Waals surface area contributed by atoms with Gasteiger partial charge in [0, 0.05) is 29.0 Å². The number of benzene rings is 3. The van der Waals surface area contributed by atoms with E-state index in [1.807, 2.05) is 73.8 Å². The Morgan fingerprint density at radius 1 is 0.848 bits per heavy atom. The van der Waals surface area contributed by atoms with Crippen LogP contribution in [-0.2, 0) is 37.6 Å². The number of fused-ring (bicyclic) bond motifs is 1. The van der Waals surface area contributed by atoms with Gasteiger partial charge in [0.05, 0.1) is 12.1 Å². The van der Waals surface area contributed by atoms with Crippen LogP contribution in [0.25, 0.3) is 22.2 Å². The van der Waals surface area contributed by atoms with Crippen molar-refractivity contribution in [2.45, 2.75) is 65.5 Å². The van der Waals surface area contributed by atoms with Gasteiger partial charge in [0.25, 0.3) is 0 Å². The maximum atomic E-state index is 14.0. The number of carbonyl (C=O) groups is 2. The molecule has 7 nitrogen and oxygen atoms in total. The van der Waals surface area contributed by atoms with E-state index in [-0.39, 0.29) is 13.2 Å². The summed E-state index contributed by atoms with van der Waals surface area (Å²) in [4.78, 5) is 35.7. The summed E-state index contributed by atoms with van der Waals surface area (Å²) in [5.41, 5.74) is 11.9. The molecule has 5 aromatic rings. The number of pyridine rings is 1. The fourth-order valence-electron chi connectivity index (χ4n) is 6.14. The van der Waals surface area contributed by atoms with Crippen molar-refractivity contribution in [3.05, 3.63) is 125 Å². The molecular formula is C39H43N3O4. The molecule has 3 N–H and O–H groups in total. The van der Waals surface area contributed by atoms with Gasteiger partial charge in [-0.05, 0) is 105 Å². The summed E-state index contributed by atoms with van der Waals surface area (Å²) in [7, 11) is 0. The van der Waals surface area contributed by atoms with Gasteiger partial charge in [-0.25, -0.2) is 0 Å². The number of H-pyrrole nitrogens is 1. The zero-order valence-corrected chi connectivity index (χ0v) is 27.1. The molecule has 0 spiro atoms. The highest BCUT2D eigenvalue weighted by atomic mass is 16.6. The Morgan fingerprint density at radius 2 is 1.57 bits per heavy atom. The Morgan fingerprint density at radius 3 is 2.26 bits per heavy atom. The van der Waals surface area contributed by atoms with E-state index in [1.54, 1.807) is 13.1 Å². The average molecular weight is 618 g/mol. The summed E-state index contributed by atoms with van der Waals surface area (Å²) in [5.74, 6) is -1.41. The number of nitrogens with one attached hydrogen (secondary N) is 1. The molecular weight excluding hydrogens is 574 g/mol. The van der Waals surface area contributed by atoms with E-state index < -0.39 is 22.9 Å². The SMILES string of the molecule is CCC(N)(c1ccc2[nH]c(-c3cc(C)cc(C)c3)cc2c1)C(C)(C(=O)OCCCCc1cccnc1)C(=O)OCc1ccccc1. The second kappa shape index (κ2) is 14.1. The number of esters is 2. The molecule has 0 fully saturated rings. The Balaban J connectivity index is 1.43. The van der Waals surface area contributed by atoms with Gasteiger partial charge >= 0.3 is 11.9 Å². The summed E-state index contributed by atoms with van der Waals surface area (Å²) in [6, 6.07) is 27.6. The number of nitrogens with two attached hydrogens (primary N) is 1. The van der Waals surface area contributed by atoms with Crippen LogP contribution >= 0.6 is 0 Å². The predicted molar refractivity (Wildman–Crippen MR) is 182 cm³/mol. The number of ether oxygens (including phenoxy) is 2. The molecule has 5 rings (SSSR count). The summed E-state index contributed by atoms with van der Waals surface area (Å²) in [6.45, 7) is 7.79. The molecule has 2 heterocycles. The molecule has 0 aliphatic heterocycles. The van der Waals surface area contributed by atoms with Gasteiger partial charge < -0.3 is 20.2 Å². The van der Waals surface area contributed by atoms with Crippen molar-refractivity contribution in [1.82, 2.24) is 9.97 Å². The smallest absolute Gasteiger partial charge is 0.325 e. The number of rotatable bonds is 13. The predicted octanol–water partition coefficient (Wildman–Crippen LogP) is 7.73. The van der Waals surface area contributed by atoms with Crippen LogP contribution in [0.2, 0.25) is 0 Å². The van der Waals surface area contributed by atoms with Gasteiger partial charge in [-0.3, -0.25) is 14.6 Å². The largest absolute Gasteiger partial charge is 0.465 e. The highest BCUT2D eigenvalue weighted by molar-refractivity contribution is 6.02. The van der Waals surface area contributed by atoms with Crippen LogP contribution < -0.4 is 5.73 Å². The van der Waals surface area contributed by atoms with Crippen LogP contribution in [0.15, 0.2) is 97.3 Å². The molecule has 0 saturated carbocycles. The zero-order chi connectivity index (χ0) is 32.7. The average Bonchev–Trinajstić information content (AvgIpc) is 3.50. The van der Waals surface area contributed by atoms with Gasteiger partial charge in [0.1, 0.15) is 6.61 Å². The quantitative estimate of drug-likeness (QED) is 0.0796. The van der Waals surface area contributed by atoms with E-state index >= 15 is 0 Å². The number of unbranched alkanes of at least 4 members (excludes halogenated alkanes) is 1. The Kier molecular flexibility index (Phi) is 10.0. The lowest BCUT2D eigenvalue weighted by molar-refractivity contribution is -0.178. The zero-order valence-electron chi connectivity index (χ0n) is 27.1. The first-order valence-electron chi connectivity index (χ1n) is 15.9. The summed E-state index contributed by atoms with van der Waals surface area (Å²) < 4.78 is 11.6. The number of carbonyl (C=O) groups excluding carboxylic acids is 2. The molecule has 0 aliphatic carbocycles. The fraction of sp³-hybridized carbons (Fsp3) is 0.308. The van der Waals surface area contributed by atoms with Gasteiger partial charge in [-0.15, -0.1) is 0 Å². The van der Waals surface area contributed by atoms with Crippen molar-refractivity contribution in [3.8, 4) is 11.3 Å². The maximum Gasteiger partial charge on any atom is 0.325 e. The Hall–Kier alpha value is -4.75. The molecule has 2 unspecified atom stereocenters. The normalized spacial score (nSPS) is 13.9. The van der Waals surface area contributed by atoms with Crippen LogP contribution in [0, 0.1) is 19.3 Å². The molecule has 46 heavy (non-hydrogen) atoms. The molecule has 3 aromatic carbocycles.